The quantitative estimate of drug-likeness (QED) is 0.785. The zero-order valence-corrected chi connectivity index (χ0v) is 14.9. The van der Waals surface area contributed by atoms with Crippen LogP contribution in [0.2, 0.25) is 0 Å². The maximum absolute atomic E-state index is 13.1. The number of rotatable bonds is 3. The van der Waals surface area contributed by atoms with Gasteiger partial charge >= 0.3 is 5.97 Å². The van der Waals surface area contributed by atoms with Crippen molar-refractivity contribution in [3.8, 4) is 10.6 Å². The van der Waals surface area contributed by atoms with E-state index in [1.54, 1.807) is 24.0 Å². The summed E-state index contributed by atoms with van der Waals surface area (Å²) in [5.41, 5.74) is 1.38. The molecule has 2 aromatic rings. The highest BCUT2D eigenvalue weighted by Gasteiger charge is 2.34. The SMILES string of the molecule is COC(=O)C1CCCCN1C(=O)c1sc(-c2ccc(F)cc2)nc1C. The summed E-state index contributed by atoms with van der Waals surface area (Å²) in [7, 11) is 1.34. The number of aryl methyl sites for hydroxylation is 1. The van der Waals surface area contributed by atoms with Gasteiger partial charge in [0.1, 0.15) is 21.7 Å². The molecule has 0 N–H and O–H groups in total. The Morgan fingerprint density at radius 1 is 1.28 bits per heavy atom. The first-order valence-corrected chi connectivity index (χ1v) is 8.95. The van der Waals surface area contributed by atoms with Gasteiger partial charge in [-0.05, 0) is 50.5 Å². The zero-order valence-electron chi connectivity index (χ0n) is 14.1. The predicted molar refractivity (Wildman–Crippen MR) is 92.9 cm³/mol. The van der Waals surface area contributed by atoms with Gasteiger partial charge in [-0.1, -0.05) is 0 Å². The second-order valence-electron chi connectivity index (χ2n) is 5.97. The summed E-state index contributed by atoms with van der Waals surface area (Å²) in [6.07, 6.45) is 2.37. The lowest BCUT2D eigenvalue weighted by atomic mass is 10.0. The maximum Gasteiger partial charge on any atom is 0.328 e. The highest BCUT2D eigenvalue weighted by Crippen LogP contribution is 2.30. The first-order valence-electron chi connectivity index (χ1n) is 8.13. The second kappa shape index (κ2) is 7.31. The average Bonchev–Trinajstić information content (AvgIpc) is 3.02. The predicted octanol–water partition coefficient (Wildman–Crippen LogP) is 3.43. The fourth-order valence-electron chi connectivity index (χ4n) is 3.00. The molecule has 5 nitrogen and oxygen atoms in total. The van der Waals surface area contributed by atoms with Crippen molar-refractivity contribution in [2.75, 3.05) is 13.7 Å². The molecule has 7 heteroatoms. The minimum Gasteiger partial charge on any atom is -0.467 e. The largest absolute Gasteiger partial charge is 0.467 e. The molecule has 1 atom stereocenters. The maximum atomic E-state index is 13.1. The third kappa shape index (κ3) is 3.56. The van der Waals surface area contributed by atoms with E-state index in [1.807, 2.05) is 0 Å². The van der Waals surface area contributed by atoms with Crippen LogP contribution >= 0.6 is 11.3 Å². The molecular formula is C18H19FN2O3S. The smallest absolute Gasteiger partial charge is 0.328 e. The van der Waals surface area contributed by atoms with E-state index in [0.717, 1.165) is 18.4 Å². The highest BCUT2D eigenvalue weighted by atomic mass is 32.1. The number of hydrogen-bond donors (Lipinski definition) is 0. The van der Waals surface area contributed by atoms with E-state index in [4.69, 9.17) is 4.74 Å². The van der Waals surface area contributed by atoms with Gasteiger partial charge in [0, 0.05) is 12.1 Å². The van der Waals surface area contributed by atoms with Crippen LogP contribution < -0.4 is 0 Å². The van der Waals surface area contributed by atoms with Gasteiger partial charge in [-0.3, -0.25) is 4.79 Å². The number of thiazole rings is 1. The molecule has 1 aliphatic rings. The van der Waals surface area contributed by atoms with Gasteiger partial charge in [-0.25, -0.2) is 14.2 Å². The molecule has 0 spiro atoms. The number of methoxy groups -OCH3 is 1. The lowest BCUT2D eigenvalue weighted by Gasteiger charge is -2.33. The Morgan fingerprint density at radius 2 is 2.00 bits per heavy atom. The van der Waals surface area contributed by atoms with Crippen molar-refractivity contribution < 1.29 is 18.7 Å². The molecule has 1 aliphatic heterocycles. The third-order valence-electron chi connectivity index (χ3n) is 4.32. The van der Waals surface area contributed by atoms with Crippen LogP contribution in [0.15, 0.2) is 24.3 Å². The zero-order chi connectivity index (χ0) is 18.0. The van der Waals surface area contributed by atoms with Crippen molar-refractivity contribution in [2.24, 2.45) is 0 Å². The summed E-state index contributed by atoms with van der Waals surface area (Å²) in [5, 5.41) is 0.660. The van der Waals surface area contributed by atoms with Crippen molar-refractivity contribution in [1.29, 1.82) is 0 Å². The summed E-state index contributed by atoms with van der Waals surface area (Å²) >= 11 is 1.26. The van der Waals surface area contributed by atoms with E-state index in [-0.39, 0.29) is 17.7 Å². The first-order chi connectivity index (χ1) is 12.0. The normalized spacial score (nSPS) is 17.4. The molecule has 1 fully saturated rings. The molecule has 1 aromatic heterocycles. The number of nitrogens with zero attached hydrogens (tertiary/aromatic N) is 2. The van der Waals surface area contributed by atoms with Crippen molar-refractivity contribution in [2.45, 2.75) is 32.2 Å². The monoisotopic (exact) mass is 362 g/mol. The fraction of sp³-hybridized carbons (Fsp3) is 0.389. The lowest BCUT2D eigenvalue weighted by molar-refractivity contribution is -0.147. The van der Waals surface area contributed by atoms with Gasteiger partial charge in [0.15, 0.2) is 0 Å². The second-order valence-corrected chi connectivity index (χ2v) is 6.97. The summed E-state index contributed by atoms with van der Waals surface area (Å²) in [5.74, 6) is -0.894. The molecule has 1 amide bonds. The van der Waals surface area contributed by atoms with Crippen LogP contribution in [0.5, 0.6) is 0 Å². The first kappa shape index (κ1) is 17.5. The van der Waals surface area contributed by atoms with Crippen molar-refractivity contribution in [3.05, 3.63) is 40.7 Å². The van der Waals surface area contributed by atoms with Gasteiger partial charge in [0.05, 0.1) is 12.8 Å². The molecule has 1 saturated heterocycles. The highest BCUT2D eigenvalue weighted by molar-refractivity contribution is 7.17. The van der Waals surface area contributed by atoms with Crippen molar-refractivity contribution in [3.63, 3.8) is 0 Å². The standard InChI is InChI=1S/C18H19FN2O3S/c1-11-15(25-16(20-11)12-6-8-13(19)9-7-12)17(22)21-10-4-3-5-14(21)18(23)24-2/h6-9,14H,3-5,10H2,1-2H3. The number of piperidine rings is 1. The number of hydrogen-bond acceptors (Lipinski definition) is 5. The number of halogens is 1. The number of amides is 1. The molecule has 25 heavy (non-hydrogen) atoms. The third-order valence-corrected chi connectivity index (χ3v) is 5.51. The molecule has 132 valence electrons. The summed E-state index contributed by atoms with van der Waals surface area (Å²) in [6, 6.07) is 5.47. The molecule has 1 aromatic carbocycles. The Morgan fingerprint density at radius 3 is 2.68 bits per heavy atom. The molecule has 2 heterocycles. The number of esters is 1. The minimum absolute atomic E-state index is 0.196. The topological polar surface area (TPSA) is 59.5 Å². The molecule has 0 bridgehead atoms. The van der Waals surface area contributed by atoms with E-state index >= 15 is 0 Å². The number of likely N-dealkylation sites (tertiary alicyclic amines) is 1. The Labute approximate surface area is 149 Å². The molecule has 0 radical (unpaired) electrons. The van der Waals surface area contributed by atoms with Gasteiger partial charge in [-0.2, -0.15) is 0 Å². The molecule has 0 aliphatic carbocycles. The van der Waals surface area contributed by atoms with Crippen LogP contribution in [0.1, 0.15) is 34.6 Å². The molecule has 0 saturated carbocycles. The van der Waals surface area contributed by atoms with Crippen LogP contribution in [-0.4, -0.2) is 41.5 Å². The van der Waals surface area contributed by atoms with Crippen LogP contribution in [-0.2, 0) is 9.53 Å². The molecular weight excluding hydrogens is 343 g/mol. The van der Waals surface area contributed by atoms with Crippen LogP contribution in [0.3, 0.4) is 0 Å². The lowest BCUT2D eigenvalue weighted by Crippen LogP contribution is -2.48. The van der Waals surface area contributed by atoms with Crippen LogP contribution in [0, 0.1) is 12.7 Å². The van der Waals surface area contributed by atoms with Crippen molar-refractivity contribution in [1.82, 2.24) is 9.88 Å². The van der Waals surface area contributed by atoms with Gasteiger partial charge in [0.25, 0.3) is 5.91 Å². The minimum atomic E-state index is -0.540. The number of carbonyl (C=O) groups excluding carboxylic acids is 2. The Hall–Kier alpha value is -2.28. The van der Waals surface area contributed by atoms with E-state index < -0.39 is 6.04 Å². The fourth-order valence-corrected chi connectivity index (χ4v) is 4.02. The van der Waals surface area contributed by atoms with E-state index in [9.17, 15) is 14.0 Å². The average molecular weight is 362 g/mol. The van der Waals surface area contributed by atoms with Crippen molar-refractivity contribution >= 4 is 23.2 Å². The number of benzene rings is 1. The number of aromatic nitrogens is 1. The van der Waals surface area contributed by atoms with Crippen LogP contribution in [0.25, 0.3) is 10.6 Å². The van der Waals surface area contributed by atoms with Gasteiger partial charge in [-0.15, -0.1) is 11.3 Å². The van der Waals surface area contributed by atoms with E-state index in [1.165, 1.54) is 30.6 Å². The van der Waals surface area contributed by atoms with Gasteiger partial charge in [0.2, 0.25) is 0 Å². The Balaban J connectivity index is 1.89. The summed E-state index contributed by atoms with van der Waals surface area (Å²) in [6.45, 7) is 2.30. The number of carbonyl (C=O) groups is 2. The molecule has 3 rings (SSSR count). The molecule has 1 unspecified atom stereocenters. The van der Waals surface area contributed by atoms with Gasteiger partial charge < -0.3 is 9.64 Å². The van der Waals surface area contributed by atoms with Crippen LogP contribution in [0.4, 0.5) is 4.39 Å². The summed E-state index contributed by atoms with van der Waals surface area (Å²) < 4.78 is 17.9. The Bertz CT molecular complexity index is 788. The van der Waals surface area contributed by atoms with E-state index in [2.05, 4.69) is 4.98 Å². The summed E-state index contributed by atoms with van der Waals surface area (Å²) in [4.78, 5) is 31.5. The number of ether oxygens (including phenoxy) is 1. The van der Waals surface area contributed by atoms with E-state index in [0.29, 0.717) is 28.5 Å². The Kier molecular flexibility index (Phi) is 5.13.